The van der Waals surface area contributed by atoms with Crippen molar-refractivity contribution in [1.29, 1.82) is 0 Å². The molecule has 1 saturated carbocycles. The Kier molecular flexibility index (Phi) is 4.30. The van der Waals surface area contributed by atoms with Gasteiger partial charge in [0, 0.05) is 21.9 Å². The largest absolute Gasteiger partial charge is 0.495 e. The lowest BCUT2D eigenvalue weighted by molar-refractivity contribution is -0.119. The molecule has 0 spiro atoms. The maximum absolute atomic E-state index is 12.2. The van der Waals surface area contributed by atoms with E-state index in [0.29, 0.717) is 5.56 Å². The van der Waals surface area contributed by atoms with Gasteiger partial charge in [-0.1, -0.05) is 0 Å². The van der Waals surface area contributed by atoms with Crippen LogP contribution in [-0.2, 0) is 4.79 Å². The fourth-order valence-corrected chi connectivity index (χ4v) is 2.81. The van der Waals surface area contributed by atoms with Crippen LogP contribution in [0.25, 0.3) is 0 Å². The number of benzene rings is 1. The molecule has 0 aliphatic heterocycles. The van der Waals surface area contributed by atoms with Gasteiger partial charge < -0.3 is 4.74 Å². The number of hydrogen-bond acceptors (Lipinski definition) is 4. The highest BCUT2D eigenvalue weighted by atomic mass is 32.2. The summed E-state index contributed by atoms with van der Waals surface area (Å²) in [6.45, 7) is 1.87. The van der Waals surface area contributed by atoms with E-state index in [4.69, 9.17) is 4.74 Å². The Hall–Kier alpha value is -1.29. The summed E-state index contributed by atoms with van der Waals surface area (Å²) in [5, 5.41) is 0. The summed E-state index contributed by atoms with van der Waals surface area (Å²) in [5.74, 6) is 0.853. The number of ether oxygens (including phenoxy) is 1. The van der Waals surface area contributed by atoms with E-state index >= 15 is 0 Å². The molecule has 0 bridgehead atoms. The highest BCUT2D eigenvalue weighted by Crippen LogP contribution is 2.34. The molecule has 3 nitrogen and oxygen atoms in total. The standard InChI is InChI=1S/C15H18O3S/c1-9-11(6-7-14(19-3)15(9)18-2)13(17)8-12(16)10-4-5-10/h6-7,10H,4-5,8H2,1-3H3. The van der Waals surface area contributed by atoms with Crippen molar-refractivity contribution in [2.24, 2.45) is 5.92 Å². The Morgan fingerprint density at radius 2 is 2.05 bits per heavy atom. The van der Waals surface area contributed by atoms with Gasteiger partial charge in [0.25, 0.3) is 0 Å². The summed E-state index contributed by atoms with van der Waals surface area (Å²) in [6, 6.07) is 3.68. The van der Waals surface area contributed by atoms with Crippen LogP contribution >= 0.6 is 11.8 Å². The predicted octanol–water partition coefficient (Wildman–Crippen LogP) is 3.28. The van der Waals surface area contributed by atoms with Crippen molar-refractivity contribution in [2.75, 3.05) is 13.4 Å². The first kappa shape index (κ1) is 14.1. The van der Waals surface area contributed by atoms with Crippen molar-refractivity contribution in [3.8, 4) is 5.75 Å². The zero-order valence-corrected chi connectivity index (χ0v) is 12.3. The number of Topliss-reactive ketones (excluding diaryl/α,β-unsaturated/α-hetero) is 2. The van der Waals surface area contributed by atoms with Crippen molar-refractivity contribution in [1.82, 2.24) is 0 Å². The van der Waals surface area contributed by atoms with E-state index < -0.39 is 0 Å². The van der Waals surface area contributed by atoms with Gasteiger partial charge in [-0.3, -0.25) is 9.59 Å². The van der Waals surface area contributed by atoms with Gasteiger partial charge in [0.2, 0.25) is 0 Å². The van der Waals surface area contributed by atoms with Crippen molar-refractivity contribution in [3.05, 3.63) is 23.3 Å². The minimum Gasteiger partial charge on any atom is -0.495 e. The molecule has 19 heavy (non-hydrogen) atoms. The Morgan fingerprint density at radius 1 is 1.37 bits per heavy atom. The topological polar surface area (TPSA) is 43.4 Å². The van der Waals surface area contributed by atoms with Crippen molar-refractivity contribution in [3.63, 3.8) is 0 Å². The normalized spacial score (nSPS) is 14.3. The van der Waals surface area contributed by atoms with Gasteiger partial charge in [0.05, 0.1) is 13.5 Å². The van der Waals surface area contributed by atoms with E-state index in [1.54, 1.807) is 24.9 Å². The minimum atomic E-state index is -0.0969. The van der Waals surface area contributed by atoms with Gasteiger partial charge in [0.15, 0.2) is 5.78 Å². The van der Waals surface area contributed by atoms with E-state index in [0.717, 1.165) is 29.1 Å². The smallest absolute Gasteiger partial charge is 0.170 e. The van der Waals surface area contributed by atoms with Crippen LogP contribution in [0.2, 0.25) is 0 Å². The maximum atomic E-state index is 12.2. The number of carbonyl (C=O) groups excluding carboxylic acids is 2. The second-order valence-corrected chi connectivity index (χ2v) is 5.66. The summed E-state index contributed by atoms with van der Waals surface area (Å²) in [4.78, 5) is 24.9. The Labute approximate surface area is 117 Å². The molecule has 1 aliphatic rings. The van der Waals surface area contributed by atoms with E-state index in [1.807, 2.05) is 19.2 Å². The van der Waals surface area contributed by atoms with Gasteiger partial charge in [0.1, 0.15) is 11.5 Å². The summed E-state index contributed by atoms with van der Waals surface area (Å²) in [7, 11) is 1.60. The molecule has 1 aromatic carbocycles. The molecule has 1 aliphatic carbocycles. The SMILES string of the molecule is COc1c(SC)ccc(C(=O)CC(=O)C2CC2)c1C. The van der Waals surface area contributed by atoms with Gasteiger partial charge >= 0.3 is 0 Å². The number of ketones is 2. The molecule has 0 aromatic heterocycles. The lowest BCUT2D eigenvalue weighted by Crippen LogP contribution is -2.11. The fourth-order valence-electron chi connectivity index (χ4n) is 2.19. The second kappa shape index (κ2) is 5.78. The second-order valence-electron chi connectivity index (χ2n) is 4.81. The van der Waals surface area contributed by atoms with Gasteiger partial charge in [-0.2, -0.15) is 0 Å². The average molecular weight is 278 g/mol. The van der Waals surface area contributed by atoms with Crippen LogP contribution in [0.1, 0.15) is 35.2 Å². The van der Waals surface area contributed by atoms with Crippen molar-refractivity contribution >= 4 is 23.3 Å². The third kappa shape index (κ3) is 3.00. The molecule has 0 atom stereocenters. The first-order valence-corrected chi connectivity index (χ1v) is 7.58. The maximum Gasteiger partial charge on any atom is 0.170 e. The predicted molar refractivity (Wildman–Crippen MR) is 76.2 cm³/mol. The molecule has 4 heteroatoms. The summed E-state index contributed by atoms with van der Waals surface area (Å²) < 4.78 is 5.36. The average Bonchev–Trinajstić information content (AvgIpc) is 3.22. The van der Waals surface area contributed by atoms with Crippen molar-refractivity contribution < 1.29 is 14.3 Å². The quantitative estimate of drug-likeness (QED) is 0.455. The highest BCUT2D eigenvalue weighted by molar-refractivity contribution is 7.98. The molecule has 0 unspecified atom stereocenters. The third-order valence-electron chi connectivity index (χ3n) is 3.46. The first-order chi connectivity index (χ1) is 9.08. The lowest BCUT2D eigenvalue weighted by atomic mass is 9.99. The molecular formula is C15H18O3S. The minimum absolute atomic E-state index is 0.0211. The fraction of sp³-hybridized carbons (Fsp3) is 0.467. The van der Waals surface area contributed by atoms with Crippen molar-refractivity contribution in [2.45, 2.75) is 31.1 Å². The van der Waals surface area contributed by atoms with Crippen LogP contribution in [0.15, 0.2) is 17.0 Å². The molecular weight excluding hydrogens is 260 g/mol. The van der Waals surface area contributed by atoms with Crippen LogP contribution < -0.4 is 4.74 Å². The molecule has 0 heterocycles. The monoisotopic (exact) mass is 278 g/mol. The zero-order valence-electron chi connectivity index (χ0n) is 11.5. The van der Waals surface area contributed by atoms with E-state index in [1.165, 1.54) is 0 Å². The lowest BCUT2D eigenvalue weighted by Gasteiger charge is -2.13. The Bertz CT molecular complexity index is 518. The van der Waals surface area contributed by atoms with Gasteiger partial charge in [-0.05, 0) is 38.2 Å². The molecule has 0 saturated heterocycles. The summed E-state index contributed by atoms with van der Waals surface area (Å²) >= 11 is 1.58. The number of thioether (sulfide) groups is 1. The molecule has 1 aromatic rings. The molecule has 0 radical (unpaired) electrons. The third-order valence-corrected chi connectivity index (χ3v) is 4.22. The molecule has 0 N–H and O–H groups in total. The number of methoxy groups -OCH3 is 1. The first-order valence-electron chi connectivity index (χ1n) is 6.36. The van der Waals surface area contributed by atoms with E-state index in [-0.39, 0.29) is 23.9 Å². The van der Waals surface area contributed by atoms with Gasteiger partial charge in [-0.25, -0.2) is 0 Å². The molecule has 0 amide bonds. The highest BCUT2D eigenvalue weighted by Gasteiger charge is 2.31. The van der Waals surface area contributed by atoms with E-state index in [9.17, 15) is 9.59 Å². The number of rotatable bonds is 6. The molecule has 102 valence electrons. The van der Waals surface area contributed by atoms with E-state index in [2.05, 4.69) is 0 Å². The zero-order chi connectivity index (χ0) is 14.0. The van der Waals surface area contributed by atoms with Crippen LogP contribution in [0.5, 0.6) is 5.75 Å². The van der Waals surface area contributed by atoms with Gasteiger partial charge in [-0.15, -0.1) is 11.8 Å². The Balaban J connectivity index is 2.23. The van der Waals surface area contributed by atoms with Crippen LogP contribution in [0.4, 0.5) is 0 Å². The van der Waals surface area contributed by atoms with Crippen LogP contribution in [0.3, 0.4) is 0 Å². The molecule has 1 fully saturated rings. The van der Waals surface area contributed by atoms with Crippen LogP contribution in [0, 0.1) is 12.8 Å². The number of hydrogen-bond donors (Lipinski definition) is 0. The van der Waals surface area contributed by atoms with Crippen LogP contribution in [-0.4, -0.2) is 24.9 Å². The number of carbonyl (C=O) groups is 2. The Morgan fingerprint density at radius 3 is 2.58 bits per heavy atom. The molecule has 2 rings (SSSR count). The summed E-state index contributed by atoms with van der Waals surface area (Å²) in [5.41, 5.74) is 1.42. The summed E-state index contributed by atoms with van der Waals surface area (Å²) in [6.07, 6.45) is 3.88.